The number of aryl methyl sites for hydroxylation is 1. The molecule has 3 aromatic carbocycles. The third-order valence-corrected chi connectivity index (χ3v) is 9.79. The van der Waals surface area contributed by atoms with Crippen molar-refractivity contribution >= 4 is 29.2 Å². The molecule has 0 radical (unpaired) electrons. The monoisotopic (exact) mass is 362 g/mol. The zero-order valence-corrected chi connectivity index (χ0v) is 16.4. The van der Waals surface area contributed by atoms with E-state index >= 15 is 0 Å². The third kappa shape index (κ3) is 4.06. The van der Waals surface area contributed by atoms with E-state index in [2.05, 4.69) is 60.8 Å². The van der Waals surface area contributed by atoms with Crippen molar-refractivity contribution in [2.45, 2.75) is 18.4 Å². The Labute approximate surface area is 153 Å². The minimum Gasteiger partial charge on any atom is -0.250 e. The van der Waals surface area contributed by atoms with E-state index in [0.29, 0.717) is 0 Å². The molecule has 0 aliphatic carbocycles. The minimum atomic E-state index is -2.08. The van der Waals surface area contributed by atoms with Crippen LogP contribution in [0.4, 0.5) is 0 Å². The number of benzene rings is 3. The SMILES string of the molecule is Cc1ccc(S(=O)/C=C/[Si](C)(c2ccccc2)c2ccccc2)cc1. The predicted molar refractivity (Wildman–Crippen MR) is 110 cm³/mol. The molecule has 1 nitrogen and oxygen atoms in total. The normalized spacial score (nSPS) is 13.0. The molecule has 0 aromatic heterocycles. The van der Waals surface area contributed by atoms with E-state index < -0.39 is 18.9 Å². The largest absolute Gasteiger partial charge is 0.250 e. The predicted octanol–water partition coefficient (Wildman–Crippen LogP) is 4.05. The van der Waals surface area contributed by atoms with E-state index in [1.807, 2.05) is 48.7 Å². The summed E-state index contributed by atoms with van der Waals surface area (Å²) in [5.41, 5.74) is 3.38. The van der Waals surface area contributed by atoms with Crippen molar-refractivity contribution in [1.29, 1.82) is 0 Å². The van der Waals surface area contributed by atoms with Crippen LogP contribution in [0.5, 0.6) is 0 Å². The molecule has 0 bridgehead atoms. The van der Waals surface area contributed by atoms with E-state index in [-0.39, 0.29) is 0 Å². The molecule has 0 heterocycles. The molecule has 0 spiro atoms. The lowest BCUT2D eigenvalue weighted by Gasteiger charge is -2.25. The summed E-state index contributed by atoms with van der Waals surface area (Å²) in [5, 5.41) is 4.51. The molecular formula is C22H22OSSi. The fourth-order valence-corrected chi connectivity index (χ4v) is 7.51. The van der Waals surface area contributed by atoms with Gasteiger partial charge in [0.2, 0.25) is 0 Å². The Morgan fingerprint density at radius 3 is 1.72 bits per heavy atom. The molecule has 0 saturated carbocycles. The molecule has 0 fully saturated rings. The van der Waals surface area contributed by atoms with Crippen molar-refractivity contribution in [3.05, 3.63) is 102 Å². The summed E-state index contributed by atoms with van der Waals surface area (Å²) in [6.07, 6.45) is 0. The van der Waals surface area contributed by atoms with Crippen LogP contribution >= 0.6 is 0 Å². The van der Waals surface area contributed by atoms with E-state index in [4.69, 9.17) is 0 Å². The van der Waals surface area contributed by atoms with Gasteiger partial charge in [-0.3, -0.25) is 0 Å². The lowest BCUT2D eigenvalue weighted by molar-refractivity contribution is 0.688. The van der Waals surface area contributed by atoms with Gasteiger partial charge in [-0.2, -0.15) is 0 Å². The number of hydrogen-bond acceptors (Lipinski definition) is 1. The maximum Gasteiger partial charge on any atom is 0.138 e. The summed E-state index contributed by atoms with van der Waals surface area (Å²) in [7, 11) is -3.21. The highest BCUT2D eigenvalue weighted by molar-refractivity contribution is 7.88. The zero-order chi connectivity index (χ0) is 17.7. The van der Waals surface area contributed by atoms with Crippen LogP contribution in [0.1, 0.15) is 5.56 Å². The van der Waals surface area contributed by atoms with Crippen LogP contribution in [0.15, 0.2) is 101 Å². The van der Waals surface area contributed by atoms with E-state index in [1.54, 1.807) is 0 Å². The number of rotatable bonds is 5. The van der Waals surface area contributed by atoms with Crippen molar-refractivity contribution in [1.82, 2.24) is 0 Å². The molecule has 126 valence electrons. The zero-order valence-electron chi connectivity index (χ0n) is 14.6. The van der Waals surface area contributed by atoms with Crippen LogP contribution < -0.4 is 10.4 Å². The lowest BCUT2D eigenvalue weighted by atomic mass is 10.2. The van der Waals surface area contributed by atoms with Gasteiger partial charge in [0.05, 0.1) is 10.8 Å². The van der Waals surface area contributed by atoms with Gasteiger partial charge in [0.25, 0.3) is 0 Å². The van der Waals surface area contributed by atoms with Crippen molar-refractivity contribution in [2.24, 2.45) is 0 Å². The first kappa shape index (κ1) is 17.6. The van der Waals surface area contributed by atoms with Crippen molar-refractivity contribution in [2.75, 3.05) is 0 Å². The highest BCUT2D eigenvalue weighted by Crippen LogP contribution is 2.13. The summed E-state index contributed by atoms with van der Waals surface area (Å²) in [6.45, 7) is 4.35. The number of hydrogen-bond donors (Lipinski definition) is 0. The molecule has 0 aliphatic rings. The second-order valence-corrected chi connectivity index (χ2v) is 11.6. The van der Waals surface area contributed by atoms with Gasteiger partial charge < -0.3 is 0 Å². The molecular weight excluding hydrogens is 340 g/mol. The first-order valence-corrected chi connectivity index (χ1v) is 12.2. The van der Waals surface area contributed by atoms with Crippen molar-refractivity contribution in [3.63, 3.8) is 0 Å². The molecule has 1 atom stereocenters. The van der Waals surface area contributed by atoms with Crippen molar-refractivity contribution < 1.29 is 4.21 Å². The first-order valence-electron chi connectivity index (χ1n) is 8.37. The highest BCUT2D eigenvalue weighted by Gasteiger charge is 2.28. The van der Waals surface area contributed by atoms with Crippen LogP contribution in [-0.4, -0.2) is 12.3 Å². The molecule has 3 aromatic rings. The summed E-state index contributed by atoms with van der Waals surface area (Å²) in [6, 6.07) is 29.0. The summed E-state index contributed by atoms with van der Waals surface area (Å²) >= 11 is 0. The van der Waals surface area contributed by atoms with Gasteiger partial charge >= 0.3 is 0 Å². The lowest BCUT2D eigenvalue weighted by Crippen LogP contribution is -2.54. The molecule has 0 amide bonds. The second-order valence-electron chi connectivity index (χ2n) is 6.35. The Morgan fingerprint density at radius 2 is 1.24 bits per heavy atom. The Hall–Kier alpha value is -2.23. The Morgan fingerprint density at radius 1 is 0.760 bits per heavy atom. The quantitative estimate of drug-likeness (QED) is 0.626. The Bertz CT molecular complexity index is 831. The third-order valence-electron chi connectivity index (χ3n) is 4.53. The average Bonchev–Trinajstić information content (AvgIpc) is 2.68. The van der Waals surface area contributed by atoms with Gasteiger partial charge in [0, 0.05) is 10.3 Å². The van der Waals surface area contributed by atoms with Gasteiger partial charge in [0.15, 0.2) is 0 Å². The van der Waals surface area contributed by atoms with Crippen LogP contribution in [0.25, 0.3) is 0 Å². The van der Waals surface area contributed by atoms with E-state index in [0.717, 1.165) is 4.90 Å². The molecule has 0 aliphatic heterocycles. The molecule has 3 heteroatoms. The standard InChI is InChI=1S/C22H22OSSi/c1-19-13-15-20(16-14-19)24(23)17-18-25(2,21-9-5-3-6-10-21)22-11-7-4-8-12-22/h3-18H,1-2H3/b18-17+. The van der Waals surface area contributed by atoms with Crippen LogP contribution in [0.3, 0.4) is 0 Å². The molecule has 1 unspecified atom stereocenters. The van der Waals surface area contributed by atoms with E-state index in [9.17, 15) is 4.21 Å². The maximum atomic E-state index is 12.7. The van der Waals surface area contributed by atoms with Gasteiger partial charge in [-0.1, -0.05) is 101 Å². The fourth-order valence-electron chi connectivity index (χ4n) is 2.88. The second kappa shape index (κ2) is 7.77. The maximum absolute atomic E-state index is 12.7. The smallest absolute Gasteiger partial charge is 0.138 e. The van der Waals surface area contributed by atoms with E-state index in [1.165, 1.54) is 15.9 Å². The summed E-state index contributed by atoms with van der Waals surface area (Å²) in [5.74, 6) is 0. The fraction of sp³-hybridized carbons (Fsp3) is 0.0909. The van der Waals surface area contributed by atoms with Gasteiger partial charge in [-0.15, -0.1) is 0 Å². The Kier molecular flexibility index (Phi) is 5.46. The minimum absolute atomic E-state index is 0.847. The summed E-state index contributed by atoms with van der Waals surface area (Å²) in [4.78, 5) is 0.847. The van der Waals surface area contributed by atoms with Gasteiger partial charge in [-0.05, 0) is 19.1 Å². The highest BCUT2D eigenvalue weighted by atomic mass is 32.2. The van der Waals surface area contributed by atoms with Gasteiger partial charge in [0.1, 0.15) is 8.07 Å². The first-order chi connectivity index (χ1) is 12.1. The van der Waals surface area contributed by atoms with Crippen LogP contribution in [-0.2, 0) is 10.8 Å². The van der Waals surface area contributed by atoms with Crippen LogP contribution in [0, 0.1) is 6.92 Å². The Balaban J connectivity index is 1.98. The topological polar surface area (TPSA) is 17.1 Å². The van der Waals surface area contributed by atoms with Gasteiger partial charge in [-0.25, -0.2) is 4.21 Å². The molecule has 3 rings (SSSR count). The molecule has 0 N–H and O–H groups in total. The molecule has 25 heavy (non-hydrogen) atoms. The van der Waals surface area contributed by atoms with Crippen molar-refractivity contribution in [3.8, 4) is 0 Å². The molecule has 0 saturated heterocycles. The summed E-state index contributed by atoms with van der Waals surface area (Å²) < 4.78 is 12.7. The van der Waals surface area contributed by atoms with Crippen LogP contribution in [0.2, 0.25) is 6.55 Å². The average molecular weight is 363 g/mol.